The van der Waals surface area contributed by atoms with E-state index in [4.69, 9.17) is 4.98 Å². The van der Waals surface area contributed by atoms with Gasteiger partial charge in [-0.05, 0) is 57.6 Å². The van der Waals surface area contributed by atoms with E-state index in [1.54, 1.807) is 0 Å². The number of hydrogen-bond donors (Lipinski definition) is 1. The Morgan fingerprint density at radius 1 is 1.38 bits per heavy atom. The standard InChI is InChI=1S/C17H30N4/c1-13(2)16-9-14(11-18-3)10-17(19-16)21-8-6-7-15(12-21)20(4)5/h9-10,13,15,18H,6-8,11-12H2,1-5H3. The van der Waals surface area contributed by atoms with Crippen LogP contribution in [0.3, 0.4) is 0 Å². The van der Waals surface area contributed by atoms with E-state index in [9.17, 15) is 0 Å². The number of nitrogens with zero attached hydrogens (tertiary/aromatic N) is 3. The van der Waals surface area contributed by atoms with Crippen LogP contribution in [0.5, 0.6) is 0 Å². The third-order valence-corrected chi connectivity index (χ3v) is 4.31. The van der Waals surface area contributed by atoms with Crippen molar-refractivity contribution in [1.82, 2.24) is 15.2 Å². The molecule has 2 heterocycles. The Balaban J connectivity index is 2.24. The molecule has 0 spiro atoms. The molecule has 0 aliphatic carbocycles. The summed E-state index contributed by atoms with van der Waals surface area (Å²) in [5.41, 5.74) is 2.53. The Morgan fingerprint density at radius 2 is 2.14 bits per heavy atom. The smallest absolute Gasteiger partial charge is 0.129 e. The lowest BCUT2D eigenvalue weighted by Gasteiger charge is -2.37. The Bertz CT molecular complexity index is 456. The van der Waals surface area contributed by atoms with E-state index in [0.29, 0.717) is 12.0 Å². The SMILES string of the molecule is CNCc1cc(C(C)C)nc(N2CCCC(N(C)C)C2)c1. The average molecular weight is 290 g/mol. The Hall–Kier alpha value is -1.13. The Kier molecular flexibility index (Phi) is 5.59. The van der Waals surface area contributed by atoms with E-state index < -0.39 is 0 Å². The van der Waals surface area contributed by atoms with Crippen LogP contribution < -0.4 is 10.2 Å². The highest BCUT2D eigenvalue weighted by Crippen LogP contribution is 2.24. The zero-order chi connectivity index (χ0) is 15.4. The molecule has 0 radical (unpaired) electrons. The molecule has 1 aromatic rings. The lowest BCUT2D eigenvalue weighted by molar-refractivity contribution is 0.257. The van der Waals surface area contributed by atoms with Crippen molar-refractivity contribution in [3.05, 3.63) is 23.4 Å². The minimum Gasteiger partial charge on any atom is -0.355 e. The van der Waals surface area contributed by atoms with Crippen LogP contribution in [0, 0.1) is 0 Å². The van der Waals surface area contributed by atoms with Crippen molar-refractivity contribution < 1.29 is 0 Å². The largest absolute Gasteiger partial charge is 0.355 e. The van der Waals surface area contributed by atoms with Crippen molar-refractivity contribution in [2.45, 2.75) is 45.2 Å². The van der Waals surface area contributed by atoms with Crippen molar-refractivity contribution in [1.29, 1.82) is 0 Å². The molecular formula is C17H30N4. The number of nitrogens with one attached hydrogen (secondary N) is 1. The van der Waals surface area contributed by atoms with Crippen LogP contribution in [0.1, 0.15) is 43.9 Å². The first-order valence-electron chi connectivity index (χ1n) is 8.08. The summed E-state index contributed by atoms with van der Waals surface area (Å²) in [4.78, 5) is 9.71. The van der Waals surface area contributed by atoms with Gasteiger partial charge < -0.3 is 15.1 Å². The predicted molar refractivity (Wildman–Crippen MR) is 90.0 cm³/mol. The fourth-order valence-corrected chi connectivity index (χ4v) is 2.94. The van der Waals surface area contributed by atoms with Crippen molar-refractivity contribution in [3.8, 4) is 0 Å². The molecule has 1 unspecified atom stereocenters. The number of piperidine rings is 1. The first-order chi connectivity index (χ1) is 10.0. The number of aromatic nitrogens is 1. The normalized spacial score (nSPS) is 19.6. The van der Waals surface area contributed by atoms with E-state index in [1.807, 2.05) is 7.05 Å². The molecule has 1 aromatic heterocycles. The number of hydrogen-bond acceptors (Lipinski definition) is 4. The molecule has 21 heavy (non-hydrogen) atoms. The van der Waals surface area contributed by atoms with Gasteiger partial charge in [-0.2, -0.15) is 0 Å². The van der Waals surface area contributed by atoms with Gasteiger partial charge in [0, 0.05) is 31.4 Å². The lowest BCUT2D eigenvalue weighted by atomic mass is 10.0. The molecule has 0 bridgehead atoms. The summed E-state index contributed by atoms with van der Waals surface area (Å²) in [6.07, 6.45) is 2.54. The zero-order valence-electron chi connectivity index (χ0n) is 14.2. The second-order valence-electron chi connectivity index (χ2n) is 6.65. The van der Waals surface area contributed by atoms with Crippen LogP contribution in [-0.4, -0.2) is 50.2 Å². The molecule has 0 aromatic carbocycles. The van der Waals surface area contributed by atoms with E-state index in [-0.39, 0.29) is 0 Å². The Morgan fingerprint density at radius 3 is 2.76 bits per heavy atom. The Labute approximate surface area is 129 Å². The molecule has 1 atom stereocenters. The van der Waals surface area contributed by atoms with Crippen LogP contribution in [0.2, 0.25) is 0 Å². The molecule has 4 heteroatoms. The fourth-order valence-electron chi connectivity index (χ4n) is 2.94. The van der Waals surface area contributed by atoms with Crippen molar-refractivity contribution in [2.24, 2.45) is 0 Å². The van der Waals surface area contributed by atoms with E-state index in [0.717, 1.165) is 25.5 Å². The van der Waals surface area contributed by atoms with Gasteiger partial charge in [-0.3, -0.25) is 0 Å². The predicted octanol–water partition coefficient (Wildman–Crippen LogP) is 2.45. The minimum atomic E-state index is 0.468. The van der Waals surface area contributed by atoms with Gasteiger partial charge in [0.15, 0.2) is 0 Å². The van der Waals surface area contributed by atoms with E-state index in [1.165, 1.54) is 24.1 Å². The summed E-state index contributed by atoms with van der Waals surface area (Å²) < 4.78 is 0. The quantitative estimate of drug-likeness (QED) is 0.902. The second-order valence-corrected chi connectivity index (χ2v) is 6.65. The summed E-state index contributed by atoms with van der Waals surface area (Å²) in [6.45, 7) is 7.54. The van der Waals surface area contributed by atoms with Crippen LogP contribution in [0.4, 0.5) is 5.82 Å². The third-order valence-electron chi connectivity index (χ3n) is 4.31. The fraction of sp³-hybridized carbons (Fsp3) is 0.706. The summed E-state index contributed by atoms with van der Waals surface area (Å²) in [7, 11) is 6.36. The lowest BCUT2D eigenvalue weighted by Crippen LogP contribution is -2.45. The average Bonchev–Trinajstić information content (AvgIpc) is 2.47. The van der Waals surface area contributed by atoms with Crippen LogP contribution >= 0.6 is 0 Å². The zero-order valence-corrected chi connectivity index (χ0v) is 14.2. The van der Waals surface area contributed by atoms with Crippen molar-refractivity contribution in [2.75, 3.05) is 39.1 Å². The molecule has 1 N–H and O–H groups in total. The first kappa shape index (κ1) is 16.2. The highest BCUT2D eigenvalue weighted by molar-refractivity contribution is 5.44. The third kappa shape index (κ3) is 4.17. The topological polar surface area (TPSA) is 31.4 Å². The minimum absolute atomic E-state index is 0.468. The molecule has 0 saturated carbocycles. The summed E-state index contributed by atoms with van der Waals surface area (Å²) in [5, 5.41) is 3.25. The summed E-state index contributed by atoms with van der Waals surface area (Å²) in [6, 6.07) is 5.12. The molecule has 1 saturated heterocycles. The summed E-state index contributed by atoms with van der Waals surface area (Å²) >= 11 is 0. The van der Waals surface area contributed by atoms with Gasteiger partial charge in [0.1, 0.15) is 5.82 Å². The van der Waals surface area contributed by atoms with Gasteiger partial charge in [0.2, 0.25) is 0 Å². The maximum atomic E-state index is 4.91. The molecular weight excluding hydrogens is 260 g/mol. The number of rotatable bonds is 5. The molecule has 1 aliphatic heterocycles. The van der Waals surface area contributed by atoms with Crippen molar-refractivity contribution >= 4 is 5.82 Å². The monoisotopic (exact) mass is 290 g/mol. The highest BCUT2D eigenvalue weighted by atomic mass is 15.2. The molecule has 118 valence electrons. The number of anilines is 1. The van der Waals surface area contributed by atoms with Crippen LogP contribution in [0.25, 0.3) is 0 Å². The number of pyridine rings is 1. The second kappa shape index (κ2) is 7.23. The van der Waals surface area contributed by atoms with E-state index in [2.05, 4.69) is 55.2 Å². The maximum absolute atomic E-state index is 4.91. The number of likely N-dealkylation sites (N-methyl/N-ethyl adjacent to an activating group) is 1. The van der Waals surface area contributed by atoms with E-state index >= 15 is 0 Å². The van der Waals surface area contributed by atoms with Gasteiger partial charge in [-0.1, -0.05) is 13.8 Å². The highest BCUT2D eigenvalue weighted by Gasteiger charge is 2.23. The molecule has 1 fully saturated rings. The van der Waals surface area contributed by atoms with Crippen LogP contribution in [0.15, 0.2) is 12.1 Å². The van der Waals surface area contributed by atoms with Crippen molar-refractivity contribution in [3.63, 3.8) is 0 Å². The molecule has 0 amide bonds. The van der Waals surface area contributed by atoms with Gasteiger partial charge in [0.25, 0.3) is 0 Å². The van der Waals surface area contributed by atoms with Gasteiger partial charge in [-0.25, -0.2) is 4.98 Å². The van der Waals surface area contributed by atoms with Gasteiger partial charge >= 0.3 is 0 Å². The first-order valence-corrected chi connectivity index (χ1v) is 8.08. The molecule has 4 nitrogen and oxygen atoms in total. The van der Waals surface area contributed by atoms with Gasteiger partial charge in [-0.15, -0.1) is 0 Å². The maximum Gasteiger partial charge on any atom is 0.129 e. The molecule has 2 rings (SSSR count). The molecule has 1 aliphatic rings. The van der Waals surface area contributed by atoms with Crippen LogP contribution in [-0.2, 0) is 6.54 Å². The summed E-state index contributed by atoms with van der Waals surface area (Å²) in [5.74, 6) is 1.62. The van der Waals surface area contributed by atoms with Gasteiger partial charge in [0.05, 0.1) is 0 Å².